The molecule has 1 heterocycles. The van der Waals surface area contributed by atoms with Crippen LogP contribution in [0, 0.1) is 5.92 Å². The quantitative estimate of drug-likeness (QED) is 0.746. The number of rotatable bonds is 7. The zero-order valence-electron chi connectivity index (χ0n) is 13.2. The van der Waals surface area contributed by atoms with E-state index in [9.17, 15) is 0 Å². The Morgan fingerprint density at radius 2 is 1.78 bits per heavy atom. The Balaban J connectivity index is 2.69. The van der Waals surface area contributed by atoms with Crippen molar-refractivity contribution in [1.29, 1.82) is 0 Å². The van der Waals surface area contributed by atoms with Crippen molar-refractivity contribution in [3.8, 4) is 0 Å². The lowest BCUT2D eigenvalue weighted by molar-refractivity contribution is 0.0575. The van der Waals surface area contributed by atoms with Gasteiger partial charge in [0.2, 0.25) is 0 Å². The second-order valence-corrected chi connectivity index (χ2v) is 6.01. The summed E-state index contributed by atoms with van der Waals surface area (Å²) in [6.45, 7) is 14.2. The minimum atomic E-state index is 0.698. The third kappa shape index (κ3) is 3.96. The molecule has 0 aromatic carbocycles. The molecule has 0 aromatic heterocycles. The number of hydrogen-bond acceptors (Lipinski definition) is 2. The summed E-state index contributed by atoms with van der Waals surface area (Å²) in [6, 6.07) is 2.25. The van der Waals surface area contributed by atoms with Gasteiger partial charge in [-0.15, -0.1) is 0 Å². The highest BCUT2D eigenvalue weighted by Crippen LogP contribution is 2.22. The largest absolute Gasteiger partial charge is 0.311 e. The maximum absolute atomic E-state index is 3.80. The van der Waals surface area contributed by atoms with Gasteiger partial charge in [-0.2, -0.15) is 0 Å². The first kappa shape index (κ1) is 16.0. The standard InChI is InChI=1S/C16H34N2/c1-6-10-15-11-17-16(13(5)7-2)12-18(15)14(8-3)9-4/h13-17H,6-12H2,1-5H3. The maximum Gasteiger partial charge on any atom is 0.0224 e. The number of nitrogens with zero attached hydrogens (tertiary/aromatic N) is 1. The van der Waals surface area contributed by atoms with E-state index < -0.39 is 0 Å². The molecule has 3 atom stereocenters. The highest BCUT2D eigenvalue weighted by atomic mass is 15.3. The molecule has 0 saturated carbocycles. The van der Waals surface area contributed by atoms with Gasteiger partial charge in [-0.3, -0.25) is 4.90 Å². The average molecular weight is 254 g/mol. The molecular formula is C16H34N2. The molecule has 1 N–H and O–H groups in total. The van der Waals surface area contributed by atoms with Crippen LogP contribution >= 0.6 is 0 Å². The summed E-state index contributed by atoms with van der Waals surface area (Å²) in [6.07, 6.45) is 6.52. The number of nitrogens with one attached hydrogen (secondary N) is 1. The van der Waals surface area contributed by atoms with Gasteiger partial charge in [-0.1, -0.05) is 47.5 Å². The van der Waals surface area contributed by atoms with Gasteiger partial charge in [0.1, 0.15) is 0 Å². The first-order valence-corrected chi connectivity index (χ1v) is 8.16. The van der Waals surface area contributed by atoms with Gasteiger partial charge in [-0.05, 0) is 25.2 Å². The normalized spacial score (nSPS) is 27.7. The van der Waals surface area contributed by atoms with Crippen LogP contribution in [0.15, 0.2) is 0 Å². The predicted molar refractivity (Wildman–Crippen MR) is 81.0 cm³/mol. The summed E-state index contributed by atoms with van der Waals surface area (Å²) in [5, 5.41) is 3.80. The van der Waals surface area contributed by atoms with E-state index in [4.69, 9.17) is 0 Å². The van der Waals surface area contributed by atoms with Crippen LogP contribution in [0.4, 0.5) is 0 Å². The Morgan fingerprint density at radius 1 is 1.11 bits per heavy atom. The lowest BCUT2D eigenvalue weighted by atomic mass is 9.92. The Kier molecular flexibility index (Phi) is 7.25. The van der Waals surface area contributed by atoms with E-state index in [1.54, 1.807) is 0 Å². The topological polar surface area (TPSA) is 15.3 Å². The molecule has 0 amide bonds. The van der Waals surface area contributed by atoms with E-state index in [2.05, 4.69) is 44.8 Å². The molecule has 2 nitrogen and oxygen atoms in total. The smallest absolute Gasteiger partial charge is 0.0224 e. The Morgan fingerprint density at radius 3 is 2.28 bits per heavy atom. The number of piperazine rings is 1. The summed E-state index contributed by atoms with van der Waals surface area (Å²) in [4.78, 5) is 2.82. The summed E-state index contributed by atoms with van der Waals surface area (Å²) in [7, 11) is 0. The molecule has 0 aliphatic carbocycles. The summed E-state index contributed by atoms with van der Waals surface area (Å²) >= 11 is 0. The Hall–Kier alpha value is -0.0800. The first-order valence-electron chi connectivity index (χ1n) is 8.16. The Bertz CT molecular complexity index is 213. The van der Waals surface area contributed by atoms with Crippen LogP contribution in [0.25, 0.3) is 0 Å². The van der Waals surface area contributed by atoms with E-state index >= 15 is 0 Å². The van der Waals surface area contributed by atoms with Crippen molar-refractivity contribution in [1.82, 2.24) is 10.2 Å². The molecule has 0 aromatic rings. The molecular weight excluding hydrogens is 220 g/mol. The Labute approximate surface area is 115 Å². The van der Waals surface area contributed by atoms with E-state index in [0.717, 1.165) is 18.0 Å². The average Bonchev–Trinajstić information content (AvgIpc) is 2.41. The zero-order valence-corrected chi connectivity index (χ0v) is 13.2. The molecule has 1 saturated heterocycles. The fourth-order valence-electron chi connectivity index (χ4n) is 3.32. The molecule has 1 aliphatic heterocycles. The fourth-order valence-corrected chi connectivity index (χ4v) is 3.32. The van der Waals surface area contributed by atoms with Crippen LogP contribution < -0.4 is 5.32 Å². The SMILES string of the molecule is CCCC1CNC(C(C)CC)CN1C(CC)CC. The van der Waals surface area contributed by atoms with Crippen LogP contribution in [0.3, 0.4) is 0 Å². The maximum atomic E-state index is 3.80. The van der Waals surface area contributed by atoms with Crippen molar-refractivity contribution in [2.24, 2.45) is 5.92 Å². The molecule has 1 rings (SSSR count). The van der Waals surface area contributed by atoms with Gasteiger partial charge in [-0.25, -0.2) is 0 Å². The van der Waals surface area contributed by atoms with Crippen molar-refractivity contribution < 1.29 is 0 Å². The lowest BCUT2D eigenvalue weighted by Gasteiger charge is -2.46. The fraction of sp³-hybridized carbons (Fsp3) is 1.00. The minimum Gasteiger partial charge on any atom is -0.311 e. The zero-order chi connectivity index (χ0) is 13.5. The highest BCUT2D eigenvalue weighted by Gasteiger charge is 2.32. The van der Waals surface area contributed by atoms with E-state index in [0.29, 0.717) is 6.04 Å². The molecule has 0 radical (unpaired) electrons. The van der Waals surface area contributed by atoms with Gasteiger partial charge in [0.05, 0.1) is 0 Å². The van der Waals surface area contributed by atoms with Gasteiger partial charge in [0.25, 0.3) is 0 Å². The van der Waals surface area contributed by atoms with Crippen LogP contribution in [0.2, 0.25) is 0 Å². The van der Waals surface area contributed by atoms with Crippen molar-refractivity contribution >= 4 is 0 Å². The second-order valence-electron chi connectivity index (χ2n) is 6.01. The number of hydrogen-bond donors (Lipinski definition) is 1. The van der Waals surface area contributed by atoms with E-state index in [1.807, 2.05) is 0 Å². The third-order valence-corrected chi connectivity index (χ3v) is 4.86. The second kappa shape index (κ2) is 8.16. The molecule has 18 heavy (non-hydrogen) atoms. The van der Waals surface area contributed by atoms with Crippen molar-refractivity contribution in [2.45, 2.75) is 84.8 Å². The lowest BCUT2D eigenvalue weighted by Crippen LogP contribution is -2.60. The predicted octanol–water partition coefficient (Wildman–Crippen LogP) is 3.66. The third-order valence-electron chi connectivity index (χ3n) is 4.86. The van der Waals surface area contributed by atoms with Gasteiger partial charge >= 0.3 is 0 Å². The van der Waals surface area contributed by atoms with Crippen LogP contribution in [0.1, 0.15) is 66.7 Å². The van der Waals surface area contributed by atoms with Crippen LogP contribution in [0.5, 0.6) is 0 Å². The van der Waals surface area contributed by atoms with Crippen LogP contribution in [-0.4, -0.2) is 36.1 Å². The highest BCUT2D eigenvalue weighted by molar-refractivity contribution is 4.90. The summed E-state index contributed by atoms with van der Waals surface area (Å²) < 4.78 is 0. The molecule has 0 spiro atoms. The van der Waals surface area contributed by atoms with Crippen molar-refractivity contribution in [2.75, 3.05) is 13.1 Å². The molecule has 3 unspecified atom stereocenters. The minimum absolute atomic E-state index is 0.698. The molecule has 108 valence electrons. The van der Waals surface area contributed by atoms with Crippen LogP contribution in [-0.2, 0) is 0 Å². The summed E-state index contributed by atoms with van der Waals surface area (Å²) in [5.41, 5.74) is 0. The van der Waals surface area contributed by atoms with E-state index in [1.165, 1.54) is 45.2 Å². The summed E-state index contributed by atoms with van der Waals surface area (Å²) in [5.74, 6) is 0.796. The van der Waals surface area contributed by atoms with Gasteiger partial charge in [0.15, 0.2) is 0 Å². The molecule has 1 aliphatic rings. The van der Waals surface area contributed by atoms with Crippen molar-refractivity contribution in [3.05, 3.63) is 0 Å². The monoisotopic (exact) mass is 254 g/mol. The molecule has 0 bridgehead atoms. The molecule has 1 fully saturated rings. The van der Waals surface area contributed by atoms with E-state index in [-0.39, 0.29) is 0 Å². The van der Waals surface area contributed by atoms with Gasteiger partial charge < -0.3 is 5.32 Å². The van der Waals surface area contributed by atoms with Gasteiger partial charge in [0, 0.05) is 31.2 Å². The van der Waals surface area contributed by atoms with Crippen molar-refractivity contribution in [3.63, 3.8) is 0 Å². The molecule has 2 heteroatoms. The first-order chi connectivity index (χ1) is 8.67.